The minimum absolute atomic E-state index is 0.0993. The van der Waals surface area contributed by atoms with E-state index < -0.39 is 0 Å². The van der Waals surface area contributed by atoms with E-state index in [-0.39, 0.29) is 5.91 Å². The van der Waals surface area contributed by atoms with E-state index in [4.69, 9.17) is 0 Å². The lowest BCUT2D eigenvalue weighted by Crippen LogP contribution is -2.23. The predicted molar refractivity (Wildman–Crippen MR) is 104 cm³/mol. The number of carbonyl (C=O) groups is 1. The van der Waals surface area contributed by atoms with Crippen LogP contribution in [0.5, 0.6) is 0 Å². The molecule has 0 aliphatic heterocycles. The van der Waals surface area contributed by atoms with Crippen molar-refractivity contribution in [2.45, 2.75) is 49.7 Å². The van der Waals surface area contributed by atoms with Crippen molar-refractivity contribution < 1.29 is 4.79 Å². The van der Waals surface area contributed by atoms with Crippen LogP contribution in [-0.2, 0) is 11.2 Å². The van der Waals surface area contributed by atoms with Crippen LogP contribution in [-0.4, -0.2) is 38.5 Å². The van der Waals surface area contributed by atoms with E-state index in [1.54, 1.807) is 24.0 Å². The molecule has 2 heterocycles. The average Bonchev–Trinajstić information content (AvgIpc) is 3.33. The van der Waals surface area contributed by atoms with Gasteiger partial charge in [-0.15, -0.1) is 10.2 Å². The minimum atomic E-state index is -0.0993. The number of rotatable bonds is 8. The van der Waals surface area contributed by atoms with Crippen LogP contribution in [0.2, 0.25) is 0 Å². The molecule has 0 spiro atoms. The van der Waals surface area contributed by atoms with Gasteiger partial charge in [-0.2, -0.15) is 0 Å². The second-order valence-electron chi connectivity index (χ2n) is 6.39. The summed E-state index contributed by atoms with van der Waals surface area (Å²) in [6.45, 7) is 0.623. The first-order valence-corrected chi connectivity index (χ1v) is 10.3. The molecule has 0 atom stereocenters. The molecule has 2 aromatic rings. The topological polar surface area (TPSA) is 72.7 Å². The quantitative estimate of drug-likeness (QED) is 0.438. The van der Waals surface area contributed by atoms with Gasteiger partial charge in [0.15, 0.2) is 5.16 Å². The number of thioether (sulfide) groups is 1. The van der Waals surface area contributed by atoms with Crippen molar-refractivity contribution in [3.8, 4) is 0 Å². The van der Waals surface area contributed by atoms with Gasteiger partial charge in [0.2, 0.25) is 5.91 Å². The van der Waals surface area contributed by atoms with Crippen LogP contribution in [0.4, 0.5) is 0 Å². The fourth-order valence-corrected chi connectivity index (χ4v) is 3.87. The maximum Gasteiger partial charge on any atom is 0.244 e. The van der Waals surface area contributed by atoms with Gasteiger partial charge in [0.25, 0.3) is 0 Å². The Bertz CT molecular complexity index is 738. The normalized spacial score (nSPS) is 15.0. The van der Waals surface area contributed by atoms with Crippen molar-refractivity contribution in [2.24, 2.45) is 0 Å². The third-order valence-corrected chi connectivity index (χ3v) is 5.22. The van der Waals surface area contributed by atoms with Gasteiger partial charge in [0, 0.05) is 31.3 Å². The molecule has 2 aromatic heterocycles. The summed E-state index contributed by atoms with van der Waals surface area (Å²) in [5.74, 6) is 0.942. The monoisotopic (exact) mass is 371 g/mol. The van der Waals surface area contributed by atoms with E-state index in [1.807, 2.05) is 24.5 Å². The maximum atomic E-state index is 11.9. The number of aryl methyl sites for hydroxylation is 1. The lowest BCUT2D eigenvalue weighted by molar-refractivity contribution is -0.116. The van der Waals surface area contributed by atoms with Crippen molar-refractivity contribution in [2.75, 3.05) is 12.8 Å². The zero-order valence-corrected chi connectivity index (χ0v) is 15.9. The summed E-state index contributed by atoms with van der Waals surface area (Å²) in [5.41, 5.74) is 0.775. The summed E-state index contributed by atoms with van der Waals surface area (Å²) in [6, 6.07) is 6.15. The number of hydrogen-bond acceptors (Lipinski definition) is 5. The second-order valence-corrected chi connectivity index (χ2v) is 7.17. The Morgan fingerprint density at radius 3 is 2.92 bits per heavy atom. The molecule has 0 aromatic carbocycles. The van der Waals surface area contributed by atoms with Crippen molar-refractivity contribution in [1.82, 2.24) is 25.1 Å². The van der Waals surface area contributed by atoms with E-state index in [2.05, 4.69) is 25.1 Å². The Morgan fingerprint density at radius 2 is 2.19 bits per heavy atom. The van der Waals surface area contributed by atoms with Gasteiger partial charge in [-0.05, 0) is 43.7 Å². The standard InChI is InChI=1S/C19H25N5OS/c1-26-19-23-22-17(24(19)16-8-2-3-9-16)10-6-14-21-18(25)12-11-15-7-4-5-13-20-15/h4-5,7,11-13,16H,2-3,6,8-10,14H2,1H3,(H,21,25)/b12-11+. The molecule has 6 nitrogen and oxygen atoms in total. The van der Waals surface area contributed by atoms with Crippen LogP contribution in [0.3, 0.4) is 0 Å². The van der Waals surface area contributed by atoms with Gasteiger partial charge in [-0.1, -0.05) is 30.7 Å². The fraction of sp³-hybridized carbons (Fsp3) is 0.474. The zero-order valence-electron chi connectivity index (χ0n) is 15.1. The minimum Gasteiger partial charge on any atom is -0.353 e. The van der Waals surface area contributed by atoms with Gasteiger partial charge in [0.05, 0.1) is 5.69 Å². The Hall–Kier alpha value is -2.15. The molecule has 1 amide bonds. The van der Waals surface area contributed by atoms with Crippen LogP contribution >= 0.6 is 11.8 Å². The molecule has 0 bridgehead atoms. The molecule has 0 unspecified atom stereocenters. The highest BCUT2D eigenvalue weighted by Gasteiger charge is 2.23. The highest BCUT2D eigenvalue weighted by atomic mass is 32.2. The predicted octanol–water partition coefficient (Wildman–Crippen LogP) is 3.27. The summed E-state index contributed by atoms with van der Waals surface area (Å²) >= 11 is 1.66. The lowest BCUT2D eigenvalue weighted by atomic mass is 10.2. The molecule has 1 aliphatic carbocycles. The molecule has 3 rings (SSSR count). The third-order valence-electron chi connectivity index (χ3n) is 4.58. The Balaban J connectivity index is 1.47. The molecule has 1 saturated carbocycles. The van der Waals surface area contributed by atoms with Crippen LogP contribution in [0.15, 0.2) is 35.6 Å². The van der Waals surface area contributed by atoms with Gasteiger partial charge in [0.1, 0.15) is 5.82 Å². The number of nitrogens with zero attached hydrogens (tertiary/aromatic N) is 4. The number of hydrogen-bond donors (Lipinski definition) is 1. The summed E-state index contributed by atoms with van der Waals surface area (Å²) in [6.07, 6.45) is 13.7. The Labute approximate surface area is 158 Å². The molecular weight excluding hydrogens is 346 g/mol. The van der Waals surface area contributed by atoms with Gasteiger partial charge in [-0.25, -0.2) is 0 Å². The summed E-state index contributed by atoms with van der Waals surface area (Å²) in [7, 11) is 0. The summed E-state index contributed by atoms with van der Waals surface area (Å²) in [5, 5.41) is 12.6. The highest BCUT2D eigenvalue weighted by Crippen LogP contribution is 2.33. The average molecular weight is 372 g/mol. The van der Waals surface area contributed by atoms with Crippen LogP contribution in [0.25, 0.3) is 6.08 Å². The van der Waals surface area contributed by atoms with Crippen molar-refractivity contribution in [3.05, 3.63) is 42.0 Å². The summed E-state index contributed by atoms with van der Waals surface area (Å²) < 4.78 is 2.32. The second kappa shape index (κ2) is 9.52. The van der Waals surface area contributed by atoms with Crippen molar-refractivity contribution in [3.63, 3.8) is 0 Å². The zero-order chi connectivity index (χ0) is 18.2. The first-order valence-electron chi connectivity index (χ1n) is 9.12. The molecule has 1 N–H and O–H groups in total. The fourth-order valence-electron chi connectivity index (χ4n) is 3.30. The SMILES string of the molecule is CSc1nnc(CCCNC(=O)/C=C/c2ccccn2)n1C1CCCC1. The Morgan fingerprint density at radius 1 is 1.35 bits per heavy atom. The molecule has 1 aliphatic rings. The largest absolute Gasteiger partial charge is 0.353 e. The van der Waals surface area contributed by atoms with E-state index in [0.29, 0.717) is 12.6 Å². The number of carbonyl (C=O) groups excluding carboxylic acids is 1. The number of pyridine rings is 1. The van der Waals surface area contributed by atoms with Crippen molar-refractivity contribution in [1.29, 1.82) is 0 Å². The molecule has 138 valence electrons. The van der Waals surface area contributed by atoms with Crippen LogP contribution in [0, 0.1) is 0 Å². The first kappa shape index (κ1) is 18.6. The number of nitrogens with one attached hydrogen (secondary N) is 1. The van der Waals surface area contributed by atoms with Gasteiger partial charge >= 0.3 is 0 Å². The van der Waals surface area contributed by atoms with Crippen LogP contribution < -0.4 is 5.32 Å². The first-order chi connectivity index (χ1) is 12.8. The lowest BCUT2D eigenvalue weighted by Gasteiger charge is -2.16. The smallest absolute Gasteiger partial charge is 0.244 e. The molecule has 1 fully saturated rings. The number of amides is 1. The van der Waals surface area contributed by atoms with E-state index in [9.17, 15) is 4.79 Å². The third kappa shape index (κ3) is 4.94. The van der Waals surface area contributed by atoms with E-state index in [1.165, 1.54) is 31.8 Å². The highest BCUT2D eigenvalue weighted by molar-refractivity contribution is 7.98. The molecule has 0 saturated heterocycles. The Kier molecular flexibility index (Phi) is 6.82. The van der Waals surface area contributed by atoms with Crippen LogP contribution in [0.1, 0.15) is 49.7 Å². The molecule has 7 heteroatoms. The molecule has 26 heavy (non-hydrogen) atoms. The number of aromatic nitrogens is 4. The van der Waals surface area contributed by atoms with E-state index >= 15 is 0 Å². The van der Waals surface area contributed by atoms with Gasteiger partial charge < -0.3 is 9.88 Å². The van der Waals surface area contributed by atoms with Crippen molar-refractivity contribution >= 4 is 23.7 Å². The molecule has 0 radical (unpaired) electrons. The van der Waals surface area contributed by atoms with Gasteiger partial charge in [-0.3, -0.25) is 9.78 Å². The maximum absolute atomic E-state index is 11.9. The van der Waals surface area contributed by atoms with E-state index in [0.717, 1.165) is 29.5 Å². The summed E-state index contributed by atoms with van der Waals surface area (Å²) in [4.78, 5) is 16.0. The molecular formula is C19H25N5OS.